The Morgan fingerprint density at radius 3 is 2.50 bits per heavy atom. The summed E-state index contributed by atoms with van der Waals surface area (Å²) < 4.78 is 0. The second kappa shape index (κ2) is 4.55. The molecule has 3 aromatic rings. The number of benzene rings is 2. The highest BCUT2D eigenvalue weighted by molar-refractivity contribution is 5.92. The first-order valence-electron chi connectivity index (χ1n) is 5.91. The first kappa shape index (κ1) is 10.9. The molecule has 2 aromatic carbocycles. The fraction of sp³-hybridized carbons (Fsp3) is 0.0667. The van der Waals surface area contributed by atoms with Crippen molar-refractivity contribution >= 4 is 16.6 Å². The Morgan fingerprint density at radius 2 is 1.67 bits per heavy atom. The SMILES string of the molecule is ON(Cc1ccccc1)c1c[nH]c2ccccc12. The second-order valence-electron chi connectivity index (χ2n) is 4.26. The molecule has 1 heterocycles. The summed E-state index contributed by atoms with van der Waals surface area (Å²) in [7, 11) is 0. The normalized spacial score (nSPS) is 10.7. The van der Waals surface area contributed by atoms with Crippen LogP contribution >= 0.6 is 0 Å². The standard InChI is InChI=1S/C15H14N2O/c18-17(11-12-6-2-1-3-7-12)15-10-16-14-9-5-4-8-13(14)15/h1-10,16,18H,11H2. The molecule has 0 aliphatic heterocycles. The van der Waals surface area contributed by atoms with Crippen molar-refractivity contribution in [2.24, 2.45) is 0 Å². The van der Waals surface area contributed by atoms with Crippen molar-refractivity contribution in [3.63, 3.8) is 0 Å². The number of aromatic amines is 1. The van der Waals surface area contributed by atoms with Crippen molar-refractivity contribution in [3.05, 3.63) is 66.4 Å². The lowest BCUT2D eigenvalue weighted by Crippen LogP contribution is -2.16. The summed E-state index contributed by atoms with van der Waals surface area (Å²) >= 11 is 0. The van der Waals surface area contributed by atoms with E-state index in [4.69, 9.17) is 0 Å². The van der Waals surface area contributed by atoms with Crippen LogP contribution in [0.25, 0.3) is 10.9 Å². The lowest BCUT2D eigenvalue weighted by Gasteiger charge is -2.15. The summed E-state index contributed by atoms with van der Waals surface area (Å²) in [6.07, 6.45) is 1.83. The van der Waals surface area contributed by atoms with E-state index < -0.39 is 0 Å². The number of hydrogen-bond acceptors (Lipinski definition) is 2. The number of para-hydroxylation sites is 1. The van der Waals surface area contributed by atoms with Gasteiger partial charge in [0.25, 0.3) is 0 Å². The molecule has 0 bridgehead atoms. The smallest absolute Gasteiger partial charge is 0.0891 e. The van der Waals surface area contributed by atoms with E-state index in [-0.39, 0.29) is 0 Å². The fourth-order valence-corrected chi connectivity index (χ4v) is 2.11. The minimum absolute atomic E-state index is 0.475. The molecule has 0 radical (unpaired) electrons. The van der Waals surface area contributed by atoms with Gasteiger partial charge in [0.05, 0.1) is 12.2 Å². The third-order valence-electron chi connectivity index (χ3n) is 3.02. The van der Waals surface area contributed by atoms with Gasteiger partial charge in [-0.05, 0) is 11.6 Å². The van der Waals surface area contributed by atoms with Crippen molar-refractivity contribution in [2.45, 2.75) is 6.54 Å². The van der Waals surface area contributed by atoms with Crippen LogP contribution in [-0.4, -0.2) is 10.2 Å². The molecule has 0 spiro atoms. The number of anilines is 1. The minimum Gasteiger partial charge on any atom is -0.359 e. The molecule has 1 aromatic heterocycles. The van der Waals surface area contributed by atoms with E-state index in [0.717, 1.165) is 22.2 Å². The molecule has 0 saturated heterocycles. The highest BCUT2D eigenvalue weighted by Gasteiger charge is 2.09. The Kier molecular flexibility index (Phi) is 2.74. The summed E-state index contributed by atoms with van der Waals surface area (Å²) in [6, 6.07) is 17.8. The maximum absolute atomic E-state index is 10.2. The number of nitrogens with zero attached hydrogens (tertiary/aromatic N) is 1. The van der Waals surface area contributed by atoms with Crippen molar-refractivity contribution in [2.75, 3.05) is 5.06 Å². The molecule has 3 rings (SSSR count). The number of hydrogen-bond donors (Lipinski definition) is 2. The van der Waals surface area contributed by atoms with Crippen molar-refractivity contribution in [1.29, 1.82) is 0 Å². The van der Waals surface area contributed by atoms with E-state index in [1.807, 2.05) is 60.8 Å². The highest BCUT2D eigenvalue weighted by Crippen LogP contribution is 2.26. The molecule has 0 aliphatic rings. The van der Waals surface area contributed by atoms with Gasteiger partial charge in [0, 0.05) is 17.1 Å². The largest absolute Gasteiger partial charge is 0.359 e. The number of rotatable bonds is 3. The Bertz CT molecular complexity index is 646. The van der Waals surface area contributed by atoms with Crippen LogP contribution in [0, 0.1) is 0 Å². The van der Waals surface area contributed by atoms with Gasteiger partial charge < -0.3 is 4.98 Å². The first-order chi connectivity index (χ1) is 8.84. The Hall–Kier alpha value is -2.26. The maximum Gasteiger partial charge on any atom is 0.0891 e. The third kappa shape index (κ3) is 1.96. The van der Waals surface area contributed by atoms with Gasteiger partial charge in [-0.3, -0.25) is 10.3 Å². The highest BCUT2D eigenvalue weighted by atomic mass is 16.5. The number of nitrogens with one attached hydrogen (secondary N) is 1. The average Bonchev–Trinajstić information content (AvgIpc) is 2.84. The molecule has 0 atom stereocenters. The predicted octanol–water partition coefficient (Wildman–Crippen LogP) is 3.56. The number of H-pyrrole nitrogens is 1. The van der Waals surface area contributed by atoms with Gasteiger partial charge in [0.15, 0.2) is 0 Å². The van der Waals surface area contributed by atoms with Gasteiger partial charge in [-0.1, -0.05) is 48.5 Å². The van der Waals surface area contributed by atoms with E-state index in [2.05, 4.69) is 4.98 Å². The van der Waals surface area contributed by atoms with E-state index >= 15 is 0 Å². The molecule has 2 N–H and O–H groups in total. The fourth-order valence-electron chi connectivity index (χ4n) is 2.11. The van der Waals surface area contributed by atoms with E-state index in [0.29, 0.717) is 6.54 Å². The number of hydroxylamine groups is 1. The zero-order valence-electron chi connectivity index (χ0n) is 9.88. The molecular formula is C15H14N2O. The molecule has 0 amide bonds. The number of aromatic nitrogens is 1. The lowest BCUT2D eigenvalue weighted by atomic mass is 10.2. The Balaban J connectivity index is 1.90. The lowest BCUT2D eigenvalue weighted by molar-refractivity contribution is 0.251. The van der Waals surface area contributed by atoms with Crippen LogP contribution in [-0.2, 0) is 6.54 Å². The van der Waals surface area contributed by atoms with E-state index in [1.165, 1.54) is 5.06 Å². The Labute approximate surface area is 105 Å². The third-order valence-corrected chi connectivity index (χ3v) is 3.02. The first-order valence-corrected chi connectivity index (χ1v) is 5.91. The quantitative estimate of drug-likeness (QED) is 0.685. The monoisotopic (exact) mass is 238 g/mol. The predicted molar refractivity (Wildman–Crippen MR) is 72.7 cm³/mol. The average molecular weight is 238 g/mol. The van der Waals surface area contributed by atoms with Crippen molar-refractivity contribution in [1.82, 2.24) is 4.98 Å². The van der Waals surface area contributed by atoms with Crippen LogP contribution in [0.2, 0.25) is 0 Å². The van der Waals surface area contributed by atoms with Gasteiger partial charge in [0.2, 0.25) is 0 Å². The summed E-state index contributed by atoms with van der Waals surface area (Å²) in [4.78, 5) is 3.15. The van der Waals surface area contributed by atoms with Gasteiger partial charge in [-0.2, -0.15) is 0 Å². The molecule has 0 aliphatic carbocycles. The zero-order chi connectivity index (χ0) is 12.4. The van der Waals surface area contributed by atoms with Crippen LogP contribution < -0.4 is 5.06 Å². The van der Waals surface area contributed by atoms with Gasteiger partial charge in [-0.25, -0.2) is 0 Å². The summed E-state index contributed by atoms with van der Waals surface area (Å²) in [5.74, 6) is 0. The van der Waals surface area contributed by atoms with Gasteiger partial charge in [0.1, 0.15) is 0 Å². The molecule has 0 unspecified atom stereocenters. The zero-order valence-corrected chi connectivity index (χ0v) is 9.88. The molecule has 90 valence electrons. The van der Waals surface area contributed by atoms with Crippen LogP contribution in [0.3, 0.4) is 0 Å². The van der Waals surface area contributed by atoms with E-state index in [1.54, 1.807) is 0 Å². The molecule has 18 heavy (non-hydrogen) atoms. The second-order valence-corrected chi connectivity index (χ2v) is 4.26. The summed E-state index contributed by atoms with van der Waals surface area (Å²) in [6.45, 7) is 0.475. The van der Waals surface area contributed by atoms with Crippen molar-refractivity contribution < 1.29 is 5.21 Å². The molecular weight excluding hydrogens is 224 g/mol. The summed E-state index contributed by atoms with van der Waals surface area (Å²) in [5.41, 5.74) is 2.90. The maximum atomic E-state index is 10.2. The molecule has 0 fully saturated rings. The van der Waals surface area contributed by atoms with Crippen LogP contribution in [0.4, 0.5) is 5.69 Å². The van der Waals surface area contributed by atoms with E-state index in [9.17, 15) is 5.21 Å². The Morgan fingerprint density at radius 1 is 0.944 bits per heavy atom. The van der Waals surface area contributed by atoms with Gasteiger partial charge in [-0.15, -0.1) is 0 Å². The molecule has 0 saturated carbocycles. The van der Waals surface area contributed by atoms with Crippen LogP contribution in [0.5, 0.6) is 0 Å². The summed E-state index contributed by atoms with van der Waals surface area (Å²) in [5, 5.41) is 12.5. The van der Waals surface area contributed by atoms with Gasteiger partial charge >= 0.3 is 0 Å². The topological polar surface area (TPSA) is 39.3 Å². The van der Waals surface area contributed by atoms with Crippen LogP contribution in [0.15, 0.2) is 60.8 Å². The van der Waals surface area contributed by atoms with Crippen molar-refractivity contribution in [3.8, 4) is 0 Å². The van der Waals surface area contributed by atoms with Crippen LogP contribution in [0.1, 0.15) is 5.56 Å². The number of fused-ring (bicyclic) bond motifs is 1. The minimum atomic E-state index is 0.475. The molecule has 3 nitrogen and oxygen atoms in total. The molecule has 3 heteroatoms.